The van der Waals surface area contributed by atoms with E-state index in [4.69, 9.17) is 22.1 Å². The van der Waals surface area contributed by atoms with Crippen molar-refractivity contribution in [3.05, 3.63) is 34.6 Å². The van der Waals surface area contributed by atoms with Crippen molar-refractivity contribution in [2.45, 2.75) is 12.5 Å². The Morgan fingerprint density at radius 3 is 3.00 bits per heavy atom. The number of carbonyl (C=O) groups is 1. The van der Waals surface area contributed by atoms with E-state index < -0.39 is 18.0 Å². The van der Waals surface area contributed by atoms with Gasteiger partial charge in [-0.1, -0.05) is 17.7 Å². The van der Waals surface area contributed by atoms with Crippen LogP contribution in [0.5, 0.6) is 0 Å². The van der Waals surface area contributed by atoms with Crippen molar-refractivity contribution in [3.63, 3.8) is 0 Å². The minimum absolute atomic E-state index is 0.239. The number of halogens is 2. The van der Waals surface area contributed by atoms with Crippen LogP contribution in [0.25, 0.3) is 0 Å². The zero-order valence-corrected chi connectivity index (χ0v) is 10.5. The molecule has 1 aromatic carbocycles. The van der Waals surface area contributed by atoms with Crippen LogP contribution in [0.4, 0.5) is 9.18 Å². The second-order valence-corrected chi connectivity index (χ2v) is 4.50. The van der Waals surface area contributed by atoms with E-state index in [1.54, 1.807) is 6.07 Å². The van der Waals surface area contributed by atoms with Crippen molar-refractivity contribution in [3.8, 4) is 0 Å². The first-order valence-electron chi connectivity index (χ1n) is 5.73. The molecule has 1 saturated heterocycles. The maximum Gasteiger partial charge on any atom is 0.410 e. The molecule has 1 fully saturated rings. The number of rotatable bonds is 4. The molecule has 1 atom stereocenters. The van der Waals surface area contributed by atoms with Gasteiger partial charge in [0, 0.05) is 12.1 Å². The zero-order chi connectivity index (χ0) is 13.1. The minimum Gasteiger partial charge on any atom is -0.439 e. The van der Waals surface area contributed by atoms with Crippen LogP contribution in [0.15, 0.2) is 18.2 Å². The Labute approximate surface area is 109 Å². The molecular formula is C12H14ClFN2O2. The third-order valence-corrected chi connectivity index (χ3v) is 3.17. The normalized spacial score (nSPS) is 19.2. The lowest BCUT2D eigenvalue weighted by molar-refractivity contribution is 0.131. The van der Waals surface area contributed by atoms with Crippen molar-refractivity contribution in [2.75, 3.05) is 19.6 Å². The van der Waals surface area contributed by atoms with Gasteiger partial charge in [0.2, 0.25) is 0 Å². The molecule has 98 valence electrons. The average Bonchev–Trinajstić information content (AvgIpc) is 2.67. The summed E-state index contributed by atoms with van der Waals surface area (Å²) in [6.07, 6.45) is -0.413. The Kier molecular flexibility index (Phi) is 4.04. The summed E-state index contributed by atoms with van der Waals surface area (Å²) in [4.78, 5) is 13.1. The van der Waals surface area contributed by atoms with E-state index >= 15 is 0 Å². The molecule has 0 aromatic heterocycles. The summed E-state index contributed by atoms with van der Waals surface area (Å²) in [5.74, 6) is -0.457. The Morgan fingerprint density at radius 1 is 1.56 bits per heavy atom. The largest absolute Gasteiger partial charge is 0.439 e. The van der Waals surface area contributed by atoms with Crippen molar-refractivity contribution in [2.24, 2.45) is 5.73 Å². The molecule has 1 aromatic rings. The van der Waals surface area contributed by atoms with Gasteiger partial charge in [0.25, 0.3) is 0 Å². The summed E-state index contributed by atoms with van der Waals surface area (Å²) in [5, 5.41) is 0.272. The predicted octanol–water partition coefficient (Wildman–Crippen LogP) is 2.32. The smallest absolute Gasteiger partial charge is 0.410 e. The highest BCUT2D eigenvalue weighted by Crippen LogP contribution is 2.32. The number of benzene rings is 1. The quantitative estimate of drug-likeness (QED) is 0.915. The summed E-state index contributed by atoms with van der Waals surface area (Å²) in [5.41, 5.74) is 5.62. The van der Waals surface area contributed by atoms with E-state index in [9.17, 15) is 9.18 Å². The number of ether oxygens (including phenoxy) is 1. The van der Waals surface area contributed by atoms with Crippen molar-refractivity contribution >= 4 is 17.7 Å². The molecule has 1 aliphatic heterocycles. The molecule has 0 saturated carbocycles. The number of nitrogens with zero attached hydrogens (tertiary/aromatic N) is 1. The predicted molar refractivity (Wildman–Crippen MR) is 65.9 cm³/mol. The van der Waals surface area contributed by atoms with Gasteiger partial charge in [-0.25, -0.2) is 9.18 Å². The Morgan fingerprint density at radius 2 is 2.33 bits per heavy atom. The van der Waals surface area contributed by atoms with Gasteiger partial charge in [0.15, 0.2) is 6.10 Å². The van der Waals surface area contributed by atoms with Crippen molar-refractivity contribution in [1.82, 2.24) is 4.90 Å². The van der Waals surface area contributed by atoms with Crippen LogP contribution in [0.1, 0.15) is 18.1 Å². The van der Waals surface area contributed by atoms with Gasteiger partial charge < -0.3 is 15.4 Å². The van der Waals surface area contributed by atoms with Crippen molar-refractivity contribution < 1.29 is 13.9 Å². The molecule has 2 N–H and O–H groups in total. The first-order valence-corrected chi connectivity index (χ1v) is 6.11. The van der Waals surface area contributed by atoms with Gasteiger partial charge in [-0.3, -0.25) is 0 Å². The van der Waals surface area contributed by atoms with Crippen LogP contribution >= 0.6 is 11.6 Å². The Bertz CT molecular complexity index is 435. The molecule has 1 unspecified atom stereocenters. The van der Waals surface area contributed by atoms with Gasteiger partial charge in [0.1, 0.15) is 5.82 Å². The van der Waals surface area contributed by atoms with E-state index in [0.717, 1.165) is 0 Å². The first kappa shape index (κ1) is 13.1. The van der Waals surface area contributed by atoms with Crippen molar-refractivity contribution in [1.29, 1.82) is 0 Å². The SMILES string of the molecule is NCCCN1CC(c2c(F)cccc2Cl)OC1=O. The highest BCUT2D eigenvalue weighted by atomic mass is 35.5. The molecule has 1 aliphatic rings. The van der Waals surface area contributed by atoms with Gasteiger partial charge in [-0.15, -0.1) is 0 Å². The molecular weight excluding hydrogens is 259 g/mol. The summed E-state index contributed by atoms with van der Waals surface area (Å²) in [7, 11) is 0. The highest BCUT2D eigenvalue weighted by molar-refractivity contribution is 6.31. The van der Waals surface area contributed by atoms with Crippen LogP contribution < -0.4 is 5.73 Å². The maximum absolute atomic E-state index is 13.7. The van der Waals surface area contributed by atoms with Gasteiger partial charge >= 0.3 is 6.09 Å². The van der Waals surface area contributed by atoms with E-state index in [1.807, 2.05) is 0 Å². The first-order chi connectivity index (χ1) is 8.63. The molecule has 0 radical (unpaired) electrons. The Balaban J connectivity index is 2.14. The van der Waals surface area contributed by atoms with Crippen LogP contribution in [0.2, 0.25) is 5.02 Å². The number of cyclic esters (lactones) is 1. The zero-order valence-electron chi connectivity index (χ0n) is 9.73. The molecule has 0 spiro atoms. The second-order valence-electron chi connectivity index (χ2n) is 4.10. The lowest BCUT2D eigenvalue weighted by Gasteiger charge is -2.13. The third kappa shape index (κ3) is 2.57. The molecule has 6 heteroatoms. The van der Waals surface area contributed by atoms with Gasteiger partial charge in [0.05, 0.1) is 11.6 Å². The number of amides is 1. The van der Waals surface area contributed by atoms with E-state index in [2.05, 4.69) is 0 Å². The molecule has 2 rings (SSSR count). The summed E-state index contributed by atoms with van der Waals surface area (Å²) in [6, 6.07) is 4.40. The monoisotopic (exact) mass is 272 g/mol. The molecule has 18 heavy (non-hydrogen) atoms. The average molecular weight is 273 g/mol. The molecule has 1 amide bonds. The number of hydrogen-bond donors (Lipinski definition) is 1. The topological polar surface area (TPSA) is 55.6 Å². The molecule has 0 aliphatic carbocycles. The maximum atomic E-state index is 13.7. The molecule has 4 nitrogen and oxygen atoms in total. The minimum atomic E-state index is -0.649. The third-order valence-electron chi connectivity index (χ3n) is 2.84. The lowest BCUT2D eigenvalue weighted by Crippen LogP contribution is -2.27. The van der Waals surface area contributed by atoms with Gasteiger partial charge in [-0.2, -0.15) is 0 Å². The van der Waals surface area contributed by atoms with Gasteiger partial charge in [-0.05, 0) is 25.1 Å². The number of carbonyl (C=O) groups excluding carboxylic acids is 1. The van der Waals surface area contributed by atoms with E-state index in [1.165, 1.54) is 17.0 Å². The van der Waals surface area contributed by atoms with Crippen LogP contribution in [0.3, 0.4) is 0 Å². The highest BCUT2D eigenvalue weighted by Gasteiger charge is 2.34. The van der Waals surface area contributed by atoms with Crippen LogP contribution in [0, 0.1) is 5.82 Å². The second kappa shape index (κ2) is 5.54. The summed E-state index contributed by atoms with van der Waals surface area (Å²) < 4.78 is 18.8. The summed E-state index contributed by atoms with van der Waals surface area (Å²) >= 11 is 5.94. The molecule has 1 heterocycles. The fourth-order valence-corrected chi connectivity index (χ4v) is 2.23. The van der Waals surface area contributed by atoms with Crippen LogP contribution in [-0.4, -0.2) is 30.6 Å². The standard InChI is InChI=1S/C12H14ClFN2O2/c13-8-3-1-4-9(14)11(8)10-7-16(6-2-5-15)12(17)18-10/h1,3-4,10H,2,5-7,15H2. The number of hydrogen-bond acceptors (Lipinski definition) is 3. The lowest BCUT2D eigenvalue weighted by atomic mass is 10.1. The fraction of sp³-hybridized carbons (Fsp3) is 0.417. The Hall–Kier alpha value is -1.33. The van der Waals surface area contributed by atoms with E-state index in [0.29, 0.717) is 26.1 Å². The fourth-order valence-electron chi connectivity index (χ4n) is 1.94. The van der Waals surface area contributed by atoms with E-state index in [-0.39, 0.29) is 10.6 Å². The summed E-state index contributed by atoms with van der Waals surface area (Å²) in [6.45, 7) is 1.31. The van der Waals surface area contributed by atoms with Crippen LogP contribution in [-0.2, 0) is 4.74 Å². The number of nitrogens with two attached hydrogens (primary N) is 1. The molecule has 0 bridgehead atoms.